The smallest absolute Gasteiger partial charge is 0.303 e. The molecule has 4 saturated carbocycles. The SMILES string of the molecule is CCC1O[C@H](CC(=O)[C@]23CCC(C)(C)CC2C2=CCC4[C@@]5(C)CCC(=O)C(C)(C)C5CC[C@@]4(C)[C@]2(C)CC3)[C@H](C)C(OC(C)=O)[C@@H]1OC(C)=O. The van der Waals surface area contributed by atoms with Crippen molar-refractivity contribution in [3.63, 3.8) is 0 Å². The van der Waals surface area contributed by atoms with Crippen LogP contribution >= 0.6 is 0 Å². The average molecular weight is 695 g/mol. The lowest BCUT2D eigenvalue weighted by Crippen LogP contribution is -2.64. The van der Waals surface area contributed by atoms with Gasteiger partial charge in [0, 0.05) is 43.4 Å². The Balaban J connectivity index is 1.33. The molecular formula is C43H66O7. The van der Waals surface area contributed by atoms with Crippen LogP contribution in [0, 0.1) is 56.2 Å². The van der Waals surface area contributed by atoms with Gasteiger partial charge in [-0.15, -0.1) is 0 Å². The van der Waals surface area contributed by atoms with E-state index in [0.29, 0.717) is 30.5 Å². The first kappa shape index (κ1) is 37.7. The van der Waals surface area contributed by atoms with Crippen LogP contribution in [0.25, 0.3) is 0 Å². The van der Waals surface area contributed by atoms with Gasteiger partial charge in [0.15, 0.2) is 6.10 Å². The van der Waals surface area contributed by atoms with Gasteiger partial charge in [-0.2, -0.15) is 0 Å². The van der Waals surface area contributed by atoms with E-state index in [1.54, 1.807) is 0 Å². The second-order valence-corrected chi connectivity index (χ2v) is 19.8. The first-order chi connectivity index (χ1) is 23.2. The molecule has 1 heterocycles. The molecule has 0 radical (unpaired) electrons. The highest BCUT2D eigenvalue weighted by Crippen LogP contribution is 2.75. The molecule has 280 valence electrons. The number of hydrogen-bond donors (Lipinski definition) is 0. The van der Waals surface area contributed by atoms with Crippen LogP contribution < -0.4 is 0 Å². The van der Waals surface area contributed by atoms with E-state index < -0.39 is 41.8 Å². The number of esters is 2. The number of hydrogen-bond acceptors (Lipinski definition) is 7. The summed E-state index contributed by atoms with van der Waals surface area (Å²) in [6.07, 6.45) is 10.9. The molecule has 0 amide bonds. The van der Waals surface area contributed by atoms with Gasteiger partial charge < -0.3 is 14.2 Å². The van der Waals surface area contributed by atoms with Crippen molar-refractivity contribution in [3.05, 3.63) is 11.6 Å². The standard InChI is InChI=1S/C43H66O7/c1-12-30-37(49-27(4)45)36(48-26(3)44)25(2)31(50-30)23-35(47)43-21-19-38(5,6)24-29(43)28-13-14-33-40(9)17-16-34(46)39(7,8)32(40)15-18-42(33,11)41(28,10)20-22-43/h13,25,29-33,36-37H,12,14-24H2,1-11H3/t25-,29?,30?,31+,32?,33?,36?,37+,40-,41+,42+,43-/m0/s1. The largest absolute Gasteiger partial charge is 0.458 e. The van der Waals surface area contributed by atoms with E-state index in [1.165, 1.54) is 19.4 Å². The van der Waals surface area contributed by atoms with E-state index in [4.69, 9.17) is 14.2 Å². The van der Waals surface area contributed by atoms with Gasteiger partial charge in [0.25, 0.3) is 0 Å². The lowest BCUT2D eigenvalue weighted by Gasteiger charge is -2.70. The zero-order valence-corrected chi connectivity index (χ0v) is 33.0. The minimum absolute atomic E-state index is 0.00300. The molecule has 0 N–H and O–H groups in total. The number of Topliss-reactive ketones (excluding diaryl/α,β-unsaturated/α-hetero) is 2. The second kappa shape index (κ2) is 12.5. The summed E-state index contributed by atoms with van der Waals surface area (Å²) >= 11 is 0. The van der Waals surface area contributed by atoms with Crippen LogP contribution in [0.5, 0.6) is 0 Å². The number of ether oxygens (including phenoxy) is 3. The summed E-state index contributed by atoms with van der Waals surface area (Å²) < 4.78 is 18.1. The summed E-state index contributed by atoms with van der Waals surface area (Å²) in [5.41, 5.74) is 1.18. The Morgan fingerprint density at radius 3 is 2.12 bits per heavy atom. The molecule has 7 heteroatoms. The van der Waals surface area contributed by atoms with Crippen molar-refractivity contribution in [2.24, 2.45) is 56.2 Å². The fraction of sp³-hybridized carbons (Fsp3) is 0.860. The summed E-state index contributed by atoms with van der Waals surface area (Å²) in [7, 11) is 0. The van der Waals surface area contributed by atoms with Crippen LogP contribution in [0.15, 0.2) is 11.6 Å². The molecule has 0 bridgehead atoms. The van der Waals surface area contributed by atoms with Gasteiger partial charge in [0.2, 0.25) is 0 Å². The van der Waals surface area contributed by atoms with E-state index in [0.717, 1.165) is 57.8 Å². The van der Waals surface area contributed by atoms with Crippen molar-refractivity contribution in [1.82, 2.24) is 0 Å². The molecular weight excluding hydrogens is 628 g/mol. The Morgan fingerprint density at radius 2 is 1.48 bits per heavy atom. The van der Waals surface area contributed by atoms with Gasteiger partial charge in [0.1, 0.15) is 17.7 Å². The Bertz CT molecular complexity index is 1440. The summed E-state index contributed by atoms with van der Waals surface area (Å²) in [4.78, 5) is 52.6. The van der Waals surface area contributed by atoms with Crippen LogP contribution in [0.1, 0.15) is 153 Å². The van der Waals surface area contributed by atoms with Crippen LogP contribution in [-0.2, 0) is 33.4 Å². The Hall–Kier alpha value is -2.02. The number of rotatable bonds is 6. The lowest BCUT2D eigenvalue weighted by molar-refractivity contribution is -0.225. The fourth-order valence-electron chi connectivity index (χ4n) is 13.3. The van der Waals surface area contributed by atoms with Gasteiger partial charge in [-0.1, -0.05) is 74.0 Å². The van der Waals surface area contributed by atoms with E-state index >= 15 is 4.79 Å². The van der Waals surface area contributed by atoms with Gasteiger partial charge in [-0.3, -0.25) is 19.2 Å². The average Bonchev–Trinajstić information content (AvgIpc) is 3.02. The molecule has 6 aliphatic rings. The van der Waals surface area contributed by atoms with Crippen molar-refractivity contribution in [2.75, 3.05) is 0 Å². The van der Waals surface area contributed by atoms with Crippen molar-refractivity contribution >= 4 is 23.5 Å². The molecule has 6 rings (SSSR count). The molecule has 12 atom stereocenters. The molecule has 0 aromatic carbocycles. The fourth-order valence-corrected chi connectivity index (χ4v) is 13.3. The predicted molar refractivity (Wildman–Crippen MR) is 193 cm³/mol. The van der Waals surface area contributed by atoms with E-state index in [-0.39, 0.29) is 51.1 Å². The molecule has 0 aromatic heterocycles. The molecule has 0 aromatic rings. The molecule has 5 aliphatic carbocycles. The molecule has 1 saturated heterocycles. The van der Waals surface area contributed by atoms with E-state index in [2.05, 4.69) is 54.5 Å². The number of fused-ring (bicyclic) bond motifs is 7. The monoisotopic (exact) mass is 694 g/mol. The van der Waals surface area contributed by atoms with Crippen LogP contribution in [0.4, 0.5) is 0 Å². The Kier molecular flexibility index (Phi) is 9.47. The lowest BCUT2D eigenvalue weighted by atomic mass is 9.33. The maximum absolute atomic E-state index is 15.1. The third kappa shape index (κ3) is 5.59. The predicted octanol–water partition coefficient (Wildman–Crippen LogP) is 8.99. The van der Waals surface area contributed by atoms with Crippen LogP contribution in [0.3, 0.4) is 0 Å². The minimum atomic E-state index is -0.703. The highest BCUT2D eigenvalue weighted by atomic mass is 16.6. The highest BCUT2D eigenvalue weighted by molar-refractivity contribution is 5.87. The molecule has 5 unspecified atom stereocenters. The number of carbonyl (C=O) groups is 4. The first-order valence-electron chi connectivity index (χ1n) is 19.9. The van der Waals surface area contributed by atoms with E-state index in [9.17, 15) is 14.4 Å². The molecule has 1 aliphatic heterocycles. The zero-order chi connectivity index (χ0) is 36.8. The third-order valence-electron chi connectivity index (χ3n) is 16.5. The van der Waals surface area contributed by atoms with Crippen LogP contribution in [0.2, 0.25) is 0 Å². The van der Waals surface area contributed by atoms with Crippen molar-refractivity contribution < 1.29 is 33.4 Å². The normalized spacial score (nSPS) is 46.2. The zero-order valence-electron chi connectivity index (χ0n) is 33.0. The maximum atomic E-state index is 15.1. The van der Waals surface area contributed by atoms with Crippen LogP contribution in [-0.4, -0.2) is 47.9 Å². The van der Waals surface area contributed by atoms with Crippen molar-refractivity contribution in [3.8, 4) is 0 Å². The van der Waals surface area contributed by atoms with Crippen molar-refractivity contribution in [1.29, 1.82) is 0 Å². The van der Waals surface area contributed by atoms with Gasteiger partial charge >= 0.3 is 11.9 Å². The molecule has 50 heavy (non-hydrogen) atoms. The Labute approximate surface area is 301 Å². The number of allylic oxidation sites excluding steroid dienone is 2. The Morgan fingerprint density at radius 1 is 0.840 bits per heavy atom. The summed E-state index contributed by atoms with van der Waals surface area (Å²) in [5, 5.41) is 0. The first-order valence-corrected chi connectivity index (χ1v) is 19.9. The van der Waals surface area contributed by atoms with Gasteiger partial charge in [-0.25, -0.2) is 0 Å². The number of ketones is 2. The molecule has 5 fully saturated rings. The minimum Gasteiger partial charge on any atom is -0.458 e. The van der Waals surface area contributed by atoms with Gasteiger partial charge in [0.05, 0.1) is 12.2 Å². The third-order valence-corrected chi connectivity index (χ3v) is 16.5. The maximum Gasteiger partial charge on any atom is 0.303 e. The highest BCUT2D eigenvalue weighted by Gasteiger charge is 2.69. The topological polar surface area (TPSA) is 96.0 Å². The quantitative estimate of drug-likeness (QED) is 0.202. The summed E-state index contributed by atoms with van der Waals surface area (Å²) in [6.45, 7) is 23.5. The summed E-state index contributed by atoms with van der Waals surface area (Å²) in [5.74, 6) is 0.659. The second-order valence-electron chi connectivity index (χ2n) is 19.8. The van der Waals surface area contributed by atoms with Crippen molar-refractivity contribution in [2.45, 2.75) is 178 Å². The van der Waals surface area contributed by atoms with E-state index in [1.807, 2.05) is 13.8 Å². The summed E-state index contributed by atoms with van der Waals surface area (Å²) in [6, 6.07) is 0. The molecule has 0 spiro atoms. The number of carbonyl (C=O) groups excluding carboxylic acids is 4. The van der Waals surface area contributed by atoms with Gasteiger partial charge in [-0.05, 0) is 104 Å². The molecule has 7 nitrogen and oxygen atoms in total.